The highest BCUT2D eigenvalue weighted by Crippen LogP contribution is 2.31. The number of fused-ring (bicyclic) bond motifs is 1. The van der Waals surface area contributed by atoms with Crippen LogP contribution in [0.15, 0.2) is 18.5 Å². The number of anilines is 1. The Labute approximate surface area is 106 Å². The van der Waals surface area contributed by atoms with Gasteiger partial charge in [0, 0.05) is 17.6 Å². The molecule has 0 atom stereocenters. The number of hydrogen-bond donors (Lipinski definition) is 2. The minimum absolute atomic E-state index is 0.557. The predicted molar refractivity (Wildman–Crippen MR) is 71.6 cm³/mol. The third-order valence-electron chi connectivity index (χ3n) is 3.49. The smallest absolute Gasteiger partial charge is 0.139 e. The lowest BCUT2D eigenvalue weighted by Gasteiger charge is -2.24. The van der Waals surface area contributed by atoms with E-state index in [2.05, 4.69) is 15.3 Å². The number of nitrogens with zero attached hydrogens (tertiary/aromatic N) is 1. The van der Waals surface area contributed by atoms with Crippen molar-refractivity contribution < 1.29 is 0 Å². The molecule has 0 saturated heterocycles. The van der Waals surface area contributed by atoms with Crippen LogP contribution in [0.1, 0.15) is 32.1 Å². The molecule has 17 heavy (non-hydrogen) atoms. The monoisotopic (exact) mass is 249 g/mol. The fourth-order valence-electron chi connectivity index (χ4n) is 2.58. The van der Waals surface area contributed by atoms with Crippen molar-refractivity contribution >= 4 is 28.3 Å². The van der Waals surface area contributed by atoms with E-state index in [1.54, 1.807) is 6.20 Å². The highest BCUT2D eigenvalue weighted by molar-refractivity contribution is 6.34. The van der Waals surface area contributed by atoms with Crippen molar-refractivity contribution in [2.75, 3.05) is 5.32 Å². The van der Waals surface area contributed by atoms with Crippen LogP contribution in [-0.2, 0) is 0 Å². The molecule has 2 heterocycles. The van der Waals surface area contributed by atoms with Crippen molar-refractivity contribution in [2.24, 2.45) is 0 Å². The lowest BCUT2D eigenvalue weighted by molar-refractivity contribution is 0.463. The van der Waals surface area contributed by atoms with Gasteiger partial charge in [-0.05, 0) is 18.9 Å². The number of halogens is 1. The molecule has 0 unspecified atom stereocenters. The summed E-state index contributed by atoms with van der Waals surface area (Å²) < 4.78 is 0. The molecule has 4 heteroatoms. The average molecular weight is 250 g/mol. The molecule has 0 amide bonds. The Kier molecular flexibility index (Phi) is 2.93. The van der Waals surface area contributed by atoms with E-state index in [-0.39, 0.29) is 0 Å². The molecule has 3 nitrogen and oxygen atoms in total. The standard InChI is InChI=1S/C13H16ClN3/c14-11-8-16-13-10(6-7-15-13)12(11)17-9-4-2-1-3-5-9/h6-9H,1-5H2,(H2,15,16,17). The van der Waals surface area contributed by atoms with Crippen LogP contribution in [-0.4, -0.2) is 16.0 Å². The van der Waals surface area contributed by atoms with E-state index in [4.69, 9.17) is 11.6 Å². The Morgan fingerprint density at radius 1 is 1.29 bits per heavy atom. The van der Waals surface area contributed by atoms with E-state index in [1.165, 1.54) is 32.1 Å². The third kappa shape index (κ3) is 2.12. The summed E-state index contributed by atoms with van der Waals surface area (Å²) in [5, 5.41) is 5.38. The maximum absolute atomic E-state index is 6.24. The largest absolute Gasteiger partial charge is 0.380 e. The predicted octanol–water partition coefficient (Wildman–Crippen LogP) is 3.96. The molecule has 1 aliphatic rings. The molecule has 1 aliphatic carbocycles. The van der Waals surface area contributed by atoms with E-state index in [9.17, 15) is 0 Å². The molecule has 2 N–H and O–H groups in total. The molecule has 0 aliphatic heterocycles. The van der Waals surface area contributed by atoms with Gasteiger partial charge in [0.1, 0.15) is 5.65 Å². The van der Waals surface area contributed by atoms with Crippen LogP contribution >= 0.6 is 11.6 Å². The SMILES string of the molecule is Clc1cnc2[nH]ccc2c1NC1CCCCC1. The fourth-order valence-corrected chi connectivity index (χ4v) is 2.79. The molecule has 2 aromatic heterocycles. The van der Waals surface area contributed by atoms with Crippen LogP contribution in [0, 0.1) is 0 Å². The van der Waals surface area contributed by atoms with Gasteiger partial charge in [-0.2, -0.15) is 0 Å². The van der Waals surface area contributed by atoms with Crippen LogP contribution in [0.3, 0.4) is 0 Å². The van der Waals surface area contributed by atoms with Gasteiger partial charge in [0.2, 0.25) is 0 Å². The maximum atomic E-state index is 6.24. The van der Waals surface area contributed by atoms with Crippen molar-refractivity contribution in [2.45, 2.75) is 38.1 Å². The quantitative estimate of drug-likeness (QED) is 0.846. The molecular weight excluding hydrogens is 234 g/mol. The second-order valence-electron chi connectivity index (χ2n) is 4.70. The number of aromatic amines is 1. The number of pyridine rings is 1. The number of H-pyrrole nitrogens is 1. The van der Waals surface area contributed by atoms with Crippen molar-refractivity contribution in [1.29, 1.82) is 0 Å². The molecule has 1 fully saturated rings. The van der Waals surface area contributed by atoms with Crippen LogP contribution in [0.5, 0.6) is 0 Å². The van der Waals surface area contributed by atoms with Gasteiger partial charge in [0.05, 0.1) is 16.9 Å². The topological polar surface area (TPSA) is 40.7 Å². The number of aromatic nitrogens is 2. The molecule has 2 aromatic rings. The zero-order valence-electron chi connectivity index (χ0n) is 9.67. The molecular formula is C13H16ClN3. The third-order valence-corrected chi connectivity index (χ3v) is 3.78. The summed E-state index contributed by atoms with van der Waals surface area (Å²) in [6, 6.07) is 2.58. The second kappa shape index (κ2) is 4.57. The Morgan fingerprint density at radius 2 is 2.12 bits per heavy atom. The van der Waals surface area contributed by atoms with Gasteiger partial charge in [-0.3, -0.25) is 0 Å². The van der Waals surface area contributed by atoms with Crippen LogP contribution in [0.4, 0.5) is 5.69 Å². The number of rotatable bonds is 2. The maximum Gasteiger partial charge on any atom is 0.139 e. The van der Waals surface area contributed by atoms with E-state index in [0.717, 1.165) is 16.7 Å². The fraction of sp³-hybridized carbons (Fsp3) is 0.462. The lowest BCUT2D eigenvalue weighted by Crippen LogP contribution is -2.22. The first-order valence-corrected chi connectivity index (χ1v) is 6.60. The first-order valence-electron chi connectivity index (χ1n) is 6.23. The molecule has 90 valence electrons. The summed E-state index contributed by atoms with van der Waals surface area (Å²) in [4.78, 5) is 7.38. The average Bonchev–Trinajstić information content (AvgIpc) is 2.83. The Morgan fingerprint density at radius 3 is 2.94 bits per heavy atom. The summed E-state index contributed by atoms with van der Waals surface area (Å²) >= 11 is 6.24. The van der Waals surface area contributed by atoms with Gasteiger partial charge < -0.3 is 10.3 Å². The Bertz CT molecular complexity index is 514. The van der Waals surface area contributed by atoms with Gasteiger partial charge in [-0.15, -0.1) is 0 Å². The van der Waals surface area contributed by atoms with E-state index in [0.29, 0.717) is 11.1 Å². The van der Waals surface area contributed by atoms with Crippen molar-refractivity contribution in [3.05, 3.63) is 23.5 Å². The molecule has 0 radical (unpaired) electrons. The van der Waals surface area contributed by atoms with E-state index < -0.39 is 0 Å². The van der Waals surface area contributed by atoms with Crippen molar-refractivity contribution in [1.82, 2.24) is 9.97 Å². The summed E-state index contributed by atoms with van der Waals surface area (Å²) in [7, 11) is 0. The van der Waals surface area contributed by atoms with Gasteiger partial charge in [0.15, 0.2) is 0 Å². The van der Waals surface area contributed by atoms with Gasteiger partial charge in [0.25, 0.3) is 0 Å². The minimum Gasteiger partial charge on any atom is -0.380 e. The zero-order valence-corrected chi connectivity index (χ0v) is 10.4. The van der Waals surface area contributed by atoms with Crippen molar-refractivity contribution in [3.8, 4) is 0 Å². The summed E-state index contributed by atoms with van der Waals surface area (Å²) in [6.45, 7) is 0. The first kappa shape index (κ1) is 10.9. The summed E-state index contributed by atoms with van der Waals surface area (Å²) in [5.41, 5.74) is 1.93. The lowest BCUT2D eigenvalue weighted by atomic mass is 9.95. The van der Waals surface area contributed by atoms with Gasteiger partial charge in [-0.25, -0.2) is 4.98 Å². The summed E-state index contributed by atoms with van der Waals surface area (Å²) in [5.74, 6) is 0. The van der Waals surface area contributed by atoms with Crippen LogP contribution in [0.2, 0.25) is 5.02 Å². The second-order valence-corrected chi connectivity index (χ2v) is 5.11. The van der Waals surface area contributed by atoms with Gasteiger partial charge >= 0.3 is 0 Å². The molecule has 0 aromatic carbocycles. The van der Waals surface area contributed by atoms with Gasteiger partial charge in [-0.1, -0.05) is 30.9 Å². The first-order chi connectivity index (χ1) is 8.34. The zero-order chi connectivity index (χ0) is 11.7. The molecule has 3 rings (SSSR count). The highest BCUT2D eigenvalue weighted by Gasteiger charge is 2.16. The van der Waals surface area contributed by atoms with E-state index >= 15 is 0 Å². The number of hydrogen-bond acceptors (Lipinski definition) is 2. The van der Waals surface area contributed by atoms with E-state index in [1.807, 2.05) is 12.3 Å². The molecule has 0 spiro atoms. The molecule has 0 bridgehead atoms. The summed E-state index contributed by atoms with van der Waals surface area (Å²) in [6.07, 6.45) is 10.1. The highest BCUT2D eigenvalue weighted by atomic mass is 35.5. The number of nitrogens with one attached hydrogen (secondary N) is 2. The Hall–Kier alpha value is -1.22. The normalized spacial score (nSPS) is 17.5. The molecule has 1 saturated carbocycles. The van der Waals surface area contributed by atoms with Crippen molar-refractivity contribution in [3.63, 3.8) is 0 Å². The minimum atomic E-state index is 0.557. The van der Waals surface area contributed by atoms with Crippen LogP contribution < -0.4 is 5.32 Å². The van der Waals surface area contributed by atoms with Crippen LogP contribution in [0.25, 0.3) is 11.0 Å². The Balaban J connectivity index is 1.92.